The van der Waals surface area contributed by atoms with E-state index in [9.17, 15) is 9.59 Å². The van der Waals surface area contributed by atoms with Crippen molar-refractivity contribution in [2.45, 2.75) is 4.90 Å². The maximum atomic E-state index is 11.9. The summed E-state index contributed by atoms with van der Waals surface area (Å²) in [5.74, 6) is 0.0884. The first kappa shape index (κ1) is 13.1. The Balaban J connectivity index is 1.80. The van der Waals surface area contributed by atoms with Crippen LogP contribution >= 0.6 is 23.4 Å². The quantitative estimate of drug-likeness (QED) is 0.893. The van der Waals surface area contributed by atoms with Gasteiger partial charge in [-0.15, -0.1) is 11.8 Å². The standard InChI is InChI=1S/C13H9ClN2O3S/c14-11-4-2-9(19-11)13(18)15-7-1-3-10-8(5-7)16-12(17)6-20-10/h1-5H,6H2,(H,15,18)(H,16,17). The van der Waals surface area contributed by atoms with Crippen LogP contribution in [0.1, 0.15) is 10.6 Å². The van der Waals surface area contributed by atoms with Crippen LogP contribution < -0.4 is 10.6 Å². The van der Waals surface area contributed by atoms with Crippen LogP contribution in [0.3, 0.4) is 0 Å². The van der Waals surface area contributed by atoms with Crippen molar-refractivity contribution in [1.82, 2.24) is 0 Å². The molecule has 7 heteroatoms. The van der Waals surface area contributed by atoms with Gasteiger partial charge in [0.2, 0.25) is 5.91 Å². The molecule has 1 aliphatic rings. The van der Waals surface area contributed by atoms with Crippen molar-refractivity contribution in [3.8, 4) is 0 Å². The summed E-state index contributed by atoms with van der Waals surface area (Å²) < 4.78 is 5.03. The molecule has 1 aromatic heterocycles. The summed E-state index contributed by atoms with van der Waals surface area (Å²) in [6.45, 7) is 0. The second-order valence-electron chi connectivity index (χ2n) is 4.11. The average molecular weight is 309 g/mol. The van der Waals surface area contributed by atoms with E-state index in [0.717, 1.165) is 4.90 Å². The van der Waals surface area contributed by atoms with E-state index in [1.54, 1.807) is 12.1 Å². The third kappa shape index (κ3) is 2.66. The Kier molecular flexibility index (Phi) is 3.42. The molecule has 0 spiro atoms. The van der Waals surface area contributed by atoms with Crippen molar-refractivity contribution in [2.24, 2.45) is 0 Å². The molecule has 2 N–H and O–H groups in total. The Bertz CT molecular complexity index is 699. The lowest BCUT2D eigenvalue weighted by molar-refractivity contribution is -0.113. The number of fused-ring (bicyclic) bond motifs is 1. The molecule has 0 bridgehead atoms. The van der Waals surface area contributed by atoms with Crippen LogP contribution in [-0.2, 0) is 4.79 Å². The fourth-order valence-corrected chi connectivity index (χ4v) is 2.72. The van der Waals surface area contributed by atoms with Gasteiger partial charge < -0.3 is 15.1 Å². The molecule has 0 radical (unpaired) electrons. The Morgan fingerprint density at radius 3 is 2.95 bits per heavy atom. The number of hydrogen-bond donors (Lipinski definition) is 2. The third-order valence-corrected chi connectivity index (χ3v) is 3.94. The first-order valence-corrected chi connectivity index (χ1v) is 7.11. The van der Waals surface area contributed by atoms with Crippen LogP contribution in [0.2, 0.25) is 5.22 Å². The van der Waals surface area contributed by atoms with E-state index in [-0.39, 0.29) is 16.9 Å². The molecule has 102 valence electrons. The van der Waals surface area contributed by atoms with Gasteiger partial charge in [-0.05, 0) is 41.9 Å². The molecule has 0 atom stereocenters. The zero-order chi connectivity index (χ0) is 14.1. The van der Waals surface area contributed by atoms with Crippen molar-refractivity contribution in [2.75, 3.05) is 16.4 Å². The smallest absolute Gasteiger partial charge is 0.291 e. The van der Waals surface area contributed by atoms with E-state index in [1.165, 1.54) is 23.9 Å². The second-order valence-corrected chi connectivity index (χ2v) is 5.50. The molecule has 5 nitrogen and oxygen atoms in total. The largest absolute Gasteiger partial charge is 0.440 e. The number of carbonyl (C=O) groups is 2. The lowest BCUT2D eigenvalue weighted by Crippen LogP contribution is -2.19. The predicted octanol–water partition coefficient (Wildman–Crippen LogP) is 3.23. The van der Waals surface area contributed by atoms with Crippen LogP contribution in [0.5, 0.6) is 0 Å². The first-order chi connectivity index (χ1) is 9.61. The fraction of sp³-hybridized carbons (Fsp3) is 0.0769. The van der Waals surface area contributed by atoms with Gasteiger partial charge in [0, 0.05) is 10.6 Å². The number of halogens is 1. The zero-order valence-electron chi connectivity index (χ0n) is 10.1. The lowest BCUT2D eigenvalue weighted by atomic mass is 10.2. The molecule has 2 aromatic rings. The van der Waals surface area contributed by atoms with Crippen LogP contribution in [0.15, 0.2) is 39.6 Å². The Hall–Kier alpha value is -1.92. The van der Waals surface area contributed by atoms with Gasteiger partial charge in [-0.25, -0.2) is 0 Å². The van der Waals surface area contributed by atoms with Gasteiger partial charge in [-0.2, -0.15) is 0 Å². The van der Waals surface area contributed by atoms with E-state index in [4.69, 9.17) is 16.0 Å². The SMILES string of the molecule is O=C1CSc2ccc(NC(=O)c3ccc(Cl)o3)cc2N1. The van der Waals surface area contributed by atoms with Gasteiger partial charge in [0.25, 0.3) is 5.91 Å². The maximum Gasteiger partial charge on any atom is 0.291 e. The molecule has 2 amide bonds. The highest BCUT2D eigenvalue weighted by atomic mass is 35.5. The molecule has 20 heavy (non-hydrogen) atoms. The Morgan fingerprint density at radius 2 is 2.20 bits per heavy atom. The summed E-state index contributed by atoms with van der Waals surface area (Å²) in [6, 6.07) is 8.33. The van der Waals surface area contributed by atoms with Crippen molar-refractivity contribution < 1.29 is 14.0 Å². The van der Waals surface area contributed by atoms with E-state index in [0.29, 0.717) is 17.1 Å². The van der Waals surface area contributed by atoms with Crippen LogP contribution in [0.4, 0.5) is 11.4 Å². The van der Waals surface area contributed by atoms with Crippen molar-refractivity contribution in [1.29, 1.82) is 0 Å². The number of furan rings is 1. The van der Waals surface area contributed by atoms with E-state index >= 15 is 0 Å². The molecule has 2 heterocycles. The molecule has 3 rings (SSSR count). The molecule has 0 fully saturated rings. The molecule has 0 unspecified atom stereocenters. The lowest BCUT2D eigenvalue weighted by Gasteiger charge is -2.17. The number of thioether (sulfide) groups is 1. The third-order valence-electron chi connectivity index (χ3n) is 2.67. The summed E-state index contributed by atoms with van der Waals surface area (Å²) >= 11 is 7.08. The highest BCUT2D eigenvalue weighted by molar-refractivity contribution is 8.00. The number of benzene rings is 1. The summed E-state index contributed by atoms with van der Waals surface area (Å²) in [6.07, 6.45) is 0. The summed E-state index contributed by atoms with van der Waals surface area (Å²) in [5.41, 5.74) is 1.27. The topological polar surface area (TPSA) is 71.3 Å². The fourth-order valence-electron chi connectivity index (χ4n) is 1.79. The highest BCUT2D eigenvalue weighted by Crippen LogP contribution is 2.33. The molecular formula is C13H9ClN2O3S. The van der Waals surface area contributed by atoms with Crippen molar-refractivity contribution in [3.05, 3.63) is 41.3 Å². The normalized spacial score (nSPS) is 13.6. The van der Waals surface area contributed by atoms with Gasteiger partial charge in [0.05, 0.1) is 11.4 Å². The van der Waals surface area contributed by atoms with Gasteiger partial charge in [0.15, 0.2) is 11.0 Å². The maximum absolute atomic E-state index is 11.9. The number of amides is 2. The second kappa shape index (κ2) is 5.22. The van der Waals surface area contributed by atoms with Gasteiger partial charge in [-0.1, -0.05) is 0 Å². The number of rotatable bonds is 2. The van der Waals surface area contributed by atoms with E-state index in [1.807, 2.05) is 6.07 Å². The average Bonchev–Trinajstić information content (AvgIpc) is 2.85. The number of carbonyl (C=O) groups excluding carboxylic acids is 2. The minimum absolute atomic E-state index is 0.0520. The van der Waals surface area contributed by atoms with Gasteiger partial charge >= 0.3 is 0 Å². The molecule has 0 saturated heterocycles. The molecular weight excluding hydrogens is 300 g/mol. The molecule has 0 aliphatic carbocycles. The molecule has 1 aliphatic heterocycles. The summed E-state index contributed by atoms with van der Waals surface area (Å²) in [4.78, 5) is 24.2. The molecule has 0 saturated carbocycles. The molecule has 1 aromatic carbocycles. The van der Waals surface area contributed by atoms with Crippen molar-refractivity contribution >= 4 is 46.6 Å². The van der Waals surface area contributed by atoms with Crippen molar-refractivity contribution in [3.63, 3.8) is 0 Å². The van der Waals surface area contributed by atoms with Gasteiger partial charge in [0.1, 0.15) is 0 Å². The van der Waals surface area contributed by atoms with E-state index in [2.05, 4.69) is 10.6 Å². The predicted molar refractivity (Wildman–Crippen MR) is 77.5 cm³/mol. The van der Waals surface area contributed by atoms with Crippen LogP contribution in [-0.4, -0.2) is 17.6 Å². The highest BCUT2D eigenvalue weighted by Gasteiger charge is 2.17. The number of nitrogens with one attached hydrogen (secondary N) is 2. The Labute approximate surface area is 123 Å². The summed E-state index contributed by atoms with van der Waals surface area (Å²) in [5, 5.41) is 5.60. The minimum Gasteiger partial charge on any atom is -0.440 e. The minimum atomic E-state index is -0.397. The number of anilines is 2. The van der Waals surface area contributed by atoms with Crippen LogP contribution in [0, 0.1) is 0 Å². The van der Waals surface area contributed by atoms with Crippen LogP contribution in [0.25, 0.3) is 0 Å². The zero-order valence-corrected chi connectivity index (χ0v) is 11.7. The first-order valence-electron chi connectivity index (χ1n) is 5.75. The van der Waals surface area contributed by atoms with Gasteiger partial charge in [-0.3, -0.25) is 9.59 Å². The summed E-state index contributed by atoms with van der Waals surface area (Å²) in [7, 11) is 0. The number of hydrogen-bond acceptors (Lipinski definition) is 4. The monoisotopic (exact) mass is 308 g/mol. The Morgan fingerprint density at radius 1 is 1.35 bits per heavy atom. The van der Waals surface area contributed by atoms with E-state index < -0.39 is 5.91 Å².